The summed E-state index contributed by atoms with van der Waals surface area (Å²) < 4.78 is 0. The van der Waals surface area contributed by atoms with Crippen LogP contribution in [0.5, 0.6) is 0 Å². The lowest BCUT2D eigenvalue weighted by Crippen LogP contribution is -2.45. The Hall–Kier alpha value is -0.910. The zero-order valence-corrected chi connectivity index (χ0v) is 10.3. The van der Waals surface area contributed by atoms with E-state index >= 15 is 0 Å². The number of carbonyl (C=O) groups is 2. The summed E-state index contributed by atoms with van der Waals surface area (Å²) in [5, 5.41) is 11.6. The second kappa shape index (κ2) is 6.62. The summed E-state index contributed by atoms with van der Waals surface area (Å²) in [5.41, 5.74) is 0. The first-order valence-electron chi connectivity index (χ1n) is 5.39. The summed E-state index contributed by atoms with van der Waals surface area (Å²) in [6.45, 7) is 1.75. The van der Waals surface area contributed by atoms with Crippen LogP contribution in [0.15, 0.2) is 0 Å². The van der Waals surface area contributed by atoms with E-state index in [9.17, 15) is 9.59 Å². The number of likely N-dealkylation sites (tertiary alicyclic amines) is 1. The van der Waals surface area contributed by atoms with Crippen LogP contribution in [-0.2, 0) is 4.79 Å². The van der Waals surface area contributed by atoms with Crippen molar-refractivity contribution >= 4 is 23.8 Å². The van der Waals surface area contributed by atoms with Crippen LogP contribution in [0.1, 0.15) is 12.8 Å². The molecule has 5 nitrogen and oxygen atoms in total. The lowest BCUT2D eigenvalue weighted by atomic mass is 9.97. The van der Waals surface area contributed by atoms with Gasteiger partial charge in [0.2, 0.25) is 0 Å². The fraction of sp³-hybridized carbons (Fsp3) is 0.800. The van der Waals surface area contributed by atoms with Gasteiger partial charge in [-0.25, -0.2) is 4.79 Å². The molecule has 1 aliphatic rings. The van der Waals surface area contributed by atoms with Crippen LogP contribution >= 0.6 is 11.8 Å². The molecule has 0 aromatic carbocycles. The molecule has 2 amide bonds. The lowest BCUT2D eigenvalue weighted by molar-refractivity contribution is -0.143. The summed E-state index contributed by atoms with van der Waals surface area (Å²) in [4.78, 5) is 24.0. The van der Waals surface area contributed by atoms with E-state index < -0.39 is 5.97 Å². The van der Waals surface area contributed by atoms with Crippen molar-refractivity contribution in [2.45, 2.75) is 12.8 Å². The number of thioether (sulfide) groups is 1. The van der Waals surface area contributed by atoms with Crippen LogP contribution in [-0.4, -0.2) is 53.6 Å². The zero-order chi connectivity index (χ0) is 12.0. The summed E-state index contributed by atoms with van der Waals surface area (Å²) in [5.74, 6) is -0.130. The van der Waals surface area contributed by atoms with Crippen molar-refractivity contribution in [2.24, 2.45) is 5.92 Å². The minimum absolute atomic E-state index is 0.0714. The molecule has 1 rings (SSSR count). The van der Waals surface area contributed by atoms with E-state index in [1.165, 1.54) is 0 Å². The Kier molecular flexibility index (Phi) is 5.45. The maximum atomic E-state index is 11.6. The zero-order valence-electron chi connectivity index (χ0n) is 9.44. The Morgan fingerprint density at radius 2 is 2.06 bits per heavy atom. The molecule has 1 heterocycles. The fourth-order valence-electron chi connectivity index (χ4n) is 1.70. The van der Waals surface area contributed by atoms with Crippen LogP contribution < -0.4 is 5.32 Å². The maximum absolute atomic E-state index is 11.6. The van der Waals surface area contributed by atoms with E-state index in [1.54, 1.807) is 16.7 Å². The lowest BCUT2D eigenvalue weighted by Gasteiger charge is -2.30. The summed E-state index contributed by atoms with van der Waals surface area (Å²) in [6.07, 6.45) is 3.11. The number of nitrogens with zero attached hydrogens (tertiary/aromatic N) is 1. The van der Waals surface area contributed by atoms with Crippen LogP contribution in [0, 0.1) is 5.92 Å². The third kappa shape index (κ3) is 3.92. The molecule has 0 bridgehead atoms. The van der Waals surface area contributed by atoms with Gasteiger partial charge in [0, 0.05) is 25.4 Å². The number of carbonyl (C=O) groups excluding carboxylic acids is 1. The van der Waals surface area contributed by atoms with Crippen molar-refractivity contribution < 1.29 is 14.7 Å². The Morgan fingerprint density at radius 1 is 1.44 bits per heavy atom. The van der Waals surface area contributed by atoms with Gasteiger partial charge in [0.25, 0.3) is 0 Å². The highest BCUT2D eigenvalue weighted by Crippen LogP contribution is 2.16. The van der Waals surface area contributed by atoms with E-state index in [4.69, 9.17) is 5.11 Å². The largest absolute Gasteiger partial charge is 0.481 e. The first-order chi connectivity index (χ1) is 7.65. The van der Waals surface area contributed by atoms with Gasteiger partial charge in [-0.2, -0.15) is 11.8 Å². The number of carboxylic acid groups (broad SMARTS) is 1. The molecule has 0 aliphatic carbocycles. The standard InChI is InChI=1S/C10H18N2O3S/c1-16-7-4-11-10(15)12-5-2-8(3-6-12)9(13)14/h8H,2-7H2,1H3,(H,11,15)(H,13,14). The van der Waals surface area contributed by atoms with E-state index in [0.29, 0.717) is 32.5 Å². The molecule has 1 aliphatic heterocycles. The van der Waals surface area contributed by atoms with Gasteiger partial charge in [0.05, 0.1) is 5.92 Å². The summed E-state index contributed by atoms with van der Waals surface area (Å²) in [7, 11) is 0. The van der Waals surface area contributed by atoms with Crippen LogP contribution in [0.2, 0.25) is 0 Å². The highest BCUT2D eigenvalue weighted by atomic mass is 32.2. The minimum Gasteiger partial charge on any atom is -0.481 e. The molecule has 1 fully saturated rings. The highest BCUT2D eigenvalue weighted by molar-refractivity contribution is 7.98. The molecule has 0 aromatic heterocycles. The first-order valence-corrected chi connectivity index (χ1v) is 6.79. The number of carboxylic acids is 1. The first kappa shape index (κ1) is 13.2. The summed E-state index contributed by atoms with van der Waals surface area (Å²) in [6, 6.07) is -0.0714. The Balaban J connectivity index is 2.25. The predicted molar refractivity (Wildman–Crippen MR) is 63.7 cm³/mol. The highest BCUT2D eigenvalue weighted by Gasteiger charge is 2.26. The number of amides is 2. The number of hydrogen-bond acceptors (Lipinski definition) is 3. The van der Waals surface area contributed by atoms with E-state index in [-0.39, 0.29) is 11.9 Å². The fourth-order valence-corrected chi connectivity index (χ4v) is 2.01. The maximum Gasteiger partial charge on any atom is 0.317 e. The van der Waals surface area contributed by atoms with Crippen LogP contribution in [0.3, 0.4) is 0 Å². The molecule has 0 atom stereocenters. The van der Waals surface area contributed by atoms with Crippen molar-refractivity contribution in [3.05, 3.63) is 0 Å². The van der Waals surface area contributed by atoms with Crippen molar-refractivity contribution in [3.8, 4) is 0 Å². The van der Waals surface area contributed by atoms with Gasteiger partial charge >= 0.3 is 12.0 Å². The van der Waals surface area contributed by atoms with Gasteiger partial charge in [0.1, 0.15) is 0 Å². The normalized spacial score (nSPS) is 17.2. The molecular weight excluding hydrogens is 228 g/mol. The van der Waals surface area contributed by atoms with Gasteiger partial charge in [-0.3, -0.25) is 4.79 Å². The number of nitrogens with one attached hydrogen (secondary N) is 1. The Bertz CT molecular complexity index is 252. The third-order valence-electron chi connectivity index (χ3n) is 2.71. The molecule has 6 heteroatoms. The van der Waals surface area contributed by atoms with Crippen molar-refractivity contribution in [3.63, 3.8) is 0 Å². The molecule has 1 saturated heterocycles. The summed E-state index contributed by atoms with van der Waals surface area (Å²) >= 11 is 1.68. The Morgan fingerprint density at radius 3 is 2.56 bits per heavy atom. The molecule has 0 unspecified atom stereocenters. The van der Waals surface area contributed by atoms with Crippen LogP contribution in [0.25, 0.3) is 0 Å². The molecule has 0 aromatic rings. The number of aliphatic carboxylic acids is 1. The van der Waals surface area contributed by atoms with Gasteiger partial charge in [-0.1, -0.05) is 0 Å². The van der Waals surface area contributed by atoms with E-state index in [0.717, 1.165) is 5.75 Å². The van der Waals surface area contributed by atoms with Gasteiger partial charge in [0.15, 0.2) is 0 Å². The SMILES string of the molecule is CSCCNC(=O)N1CCC(C(=O)O)CC1. The van der Waals surface area contributed by atoms with Crippen molar-refractivity contribution in [2.75, 3.05) is 31.6 Å². The van der Waals surface area contributed by atoms with E-state index in [1.807, 2.05) is 6.26 Å². The second-order valence-electron chi connectivity index (χ2n) is 3.82. The molecular formula is C10H18N2O3S. The van der Waals surface area contributed by atoms with Crippen LogP contribution in [0.4, 0.5) is 4.79 Å². The predicted octanol–water partition coefficient (Wildman–Crippen LogP) is 0.856. The average molecular weight is 246 g/mol. The number of rotatable bonds is 4. The topological polar surface area (TPSA) is 69.6 Å². The van der Waals surface area contributed by atoms with Crippen molar-refractivity contribution in [1.29, 1.82) is 0 Å². The molecule has 0 saturated carbocycles. The van der Waals surface area contributed by atoms with Crippen molar-refractivity contribution in [1.82, 2.24) is 10.2 Å². The molecule has 0 radical (unpaired) electrons. The van der Waals surface area contributed by atoms with Gasteiger partial charge < -0.3 is 15.3 Å². The monoisotopic (exact) mass is 246 g/mol. The number of hydrogen-bond donors (Lipinski definition) is 2. The Labute approximate surface area is 99.6 Å². The average Bonchev–Trinajstić information content (AvgIpc) is 2.29. The third-order valence-corrected chi connectivity index (χ3v) is 3.33. The van der Waals surface area contributed by atoms with Gasteiger partial charge in [-0.15, -0.1) is 0 Å². The quantitative estimate of drug-likeness (QED) is 0.722. The molecule has 2 N–H and O–H groups in total. The molecule has 0 spiro atoms. The number of piperidine rings is 1. The number of urea groups is 1. The second-order valence-corrected chi connectivity index (χ2v) is 4.81. The van der Waals surface area contributed by atoms with Gasteiger partial charge in [-0.05, 0) is 19.1 Å². The molecule has 92 valence electrons. The smallest absolute Gasteiger partial charge is 0.317 e. The molecule has 16 heavy (non-hydrogen) atoms. The van der Waals surface area contributed by atoms with E-state index in [2.05, 4.69) is 5.32 Å². The minimum atomic E-state index is -0.748.